The van der Waals surface area contributed by atoms with Crippen LogP contribution in [0.15, 0.2) is 77.3 Å². The molecule has 1 aliphatic heterocycles. The molecule has 0 spiro atoms. The van der Waals surface area contributed by atoms with E-state index in [1.54, 1.807) is 18.2 Å². The maximum atomic E-state index is 14.6. The minimum Gasteiger partial charge on any atom is -0.445 e. The molecule has 34 heavy (non-hydrogen) atoms. The predicted molar refractivity (Wildman–Crippen MR) is 133 cm³/mol. The maximum Gasteiger partial charge on any atom is 0.410 e. The van der Waals surface area contributed by atoms with Gasteiger partial charge in [0, 0.05) is 34.7 Å². The van der Waals surface area contributed by atoms with Crippen molar-refractivity contribution in [2.24, 2.45) is 0 Å². The lowest BCUT2D eigenvalue weighted by atomic mass is 10.1. The van der Waals surface area contributed by atoms with Crippen LogP contribution in [0.25, 0.3) is 0 Å². The van der Waals surface area contributed by atoms with Crippen LogP contribution >= 0.6 is 27.5 Å². The Balaban J connectivity index is 1.50. The smallest absolute Gasteiger partial charge is 0.410 e. The van der Waals surface area contributed by atoms with Crippen molar-refractivity contribution in [1.29, 1.82) is 0 Å². The van der Waals surface area contributed by atoms with Crippen LogP contribution in [-0.4, -0.2) is 46.2 Å². The molecule has 0 aromatic heterocycles. The summed E-state index contributed by atoms with van der Waals surface area (Å²) in [6.45, 7) is 1.20. The molecule has 1 fully saturated rings. The molecule has 1 heterocycles. The summed E-state index contributed by atoms with van der Waals surface area (Å²) in [4.78, 5) is 16.1. The van der Waals surface area contributed by atoms with Gasteiger partial charge in [0.05, 0.1) is 18.7 Å². The minimum atomic E-state index is -0.815. The fourth-order valence-corrected chi connectivity index (χ4v) is 4.62. The van der Waals surface area contributed by atoms with Crippen molar-refractivity contribution in [2.45, 2.75) is 31.8 Å². The van der Waals surface area contributed by atoms with Gasteiger partial charge in [-0.3, -0.25) is 4.90 Å². The van der Waals surface area contributed by atoms with E-state index < -0.39 is 18.2 Å². The Labute approximate surface area is 211 Å². The van der Waals surface area contributed by atoms with Gasteiger partial charge in [-0.15, -0.1) is 0 Å². The first kappa shape index (κ1) is 24.7. The molecule has 178 valence electrons. The van der Waals surface area contributed by atoms with E-state index in [0.717, 1.165) is 11.1 Å². The number of carbonyl (C=O) groups is 1. The summed E-state index contributed by atoms with van der Waals surface area (Å²) >= 11 is 9.68. The van der Waals surface area contributed by atoms with E-state index in [2.05, 4.69) is 15.9 Å². The van der Waals surface area contributed by atoms with Crippen LogP contribution in [0.5, 0.6) is 0 Å². The monoisotopic (exact) mass is 546 g/mol. The Hall–Kier alpha value is -2.45. The zero-order valence-corrected chi connectivity index (χ0v) is 20.8. The predicted octanol–water partition coefficient (Wildman–Crippen LogP) is 5.63. The van der Waals surface area contributed by atoms with Gasteiger partial charge in [-0.25, -0.2) is 9.18 Å². The Kier molecular flexibility index (Phi) is 8.21. The molecule has 3 aromatic rings. The zero-order chi connectivity index (χ0) is 24.1. The van der Waals surface area contributed by atoms with Crippen molar-refractivity contribution in [3.8, 4) is 0 Å². The molecule has 4 rings (SSSR count). The zero-order valence-electron chi connectivity index (χ0n) is 18.4. The average Bonchev–Trinajstić information content (AvgIpc) is 3.22. The lowest BCUT2D eigenvalue weighted by Crippen LogP contribution is -2.43. The molecule has 1 amide bonds. The molecule has 5 nitrogen and oxygen atoms in total. The van der Waals surface area contributed by atoms with Gasteiger partial charge in [0.25, 0.3) is 0 Å². The van der Waals surface area contributed by atoms with E-state index in [1.165, 1.54) is 11.0 Å². The number of ether oxygens (including phenoxy) is 1. The maximum absolute atomic E-state index is 14.6. The molecule has 3 aromatic carbocycles. The molecule has 2 atom stereocenters. The summed E-state index contributed by atoms with van der Waals surface area (Å²) in [5.41, 5.74) is 2.24. The standard InChI is InChI=1S/C26H25BrClFN2O3/c27-21-11-10-20(23(29)12-21)14-30(13-19-8-4-5-9-22(19)28)24-15-31(16-25(24)32)26(33)34-17-18-6-2-1-3-7-18/h1-12,24-25,32H,13-17H2/t24-,25-/m1/s1. The number of aliphatic hydroxyl groups excluding tert-OH is 1. The highest BCUT2D eigenvalue weighted by Gasteiger charge is 2.38. The van der Waals surface area contributed by atoms with E-state index in [-0.39, 0.29) is 32.1 Å². The third-order valence-electron chi connectivity index (χ3n) is 5.91. The first-order valence-corrected chi connectivity index (χ1v) is 12.1. The molecule has 1 N–H and O–H groups in total. The van der Waals surface area contributed by atoms with Crippen molar-refractivity contribution >= 4 is 33.6 Å². The molecule has 8 heteroatoms. The van der Waals surface area contributed by atoms with Gasteiger partial charge in [-0.05, 0) is 29.3 Å². The van der Waals surface area contributed by atoms with Crippen LogP contribution in [0, 0.1) is 5.82 Å². The second-order valence-electron chi connectivity index (χ2n) is 8.31. The molecular weight excluding hydrogens is 523 g/mol. The highest BCUT2D eigenvalue weighted by molar-refractivity contribution is 9.10. The minimum absolute atomic E-state index is 0.139. The fraction of sp³-hybridized carbons (Fsp3) is 0.269. The number of amides is 1. The lowest BCUT2D eigenvalue weighted by molar-refractivity contribution is 0.0721. The number of β-amino-alcohol motifs (C(OH)–C–C–N with tert-alkyl or cyclic N) is 1. The molecule has 0 aliphatic carbocycles. The number of hydrogen-bond acceptors (Lipinski definition) is 4. The van der Waals surface area contributed by atoms with Gasteiger partial charge in [-0.2, -0.15) is 0 Å². The summed E-state index contributed by atoms with van der Waals surface area (Å²) in [6.07, 6.45) is -1.30. The largest absolute Gasteiger partial charge is 0.445 e. The number of rotatable bonds is 7. The Morgan fingerprint density at radius 2 is 1.76 bits per heavy atom. The van der Waals surface area contributed by atoms with Gasteiger partial charge < -0.3 is 14.7 Å². The van der Waals surface area contributed by atoms with Crippen LogP contribution in [-0.2, 0) is 24.4 Å². The van der Waals surface area contributed by atoms with Crippen molar-refractivity contribution < 1.29 is 19.0 Å². The topological polar surface area (TPSA) is 53.0 Å². The third-order valence-corrected chi connectivity index (χ3v) is 6.77. The lowest BCUT2D eigenvalue weighted by Gasteiger charge is -2.31. The molecule has 0 saturated carbocycles. The number of hydrogen-bond donors (Lipinski definition) is 1. The molecular formula is C26H25BrClFN2O3. The highest BCUT2D eigenvalue weighted by Crippen LogP contribution is 2.26. The second kappa shape index (κ2) is 11.3. The summed E-state index contributed by atoms with van der Waals surface area (Å²) < 4.78 is 20.7. The van der Waals surface area contributed by atoms with E-state index in [4.69, 9.17) is 16.3 Å². The second-order valence-corrected chi connectivity index (χ2v) is 9.63. The number of nitrogens with zero attached hydrogens (tertiary/aromatic N) is 2. The van der Waals surface area contributed by atoms with Crippen molar-refractivity contribution in [3.05, 3.63) is 105 Å². The number of halogens is 3. The SMILES string of the molecule is O=C(OCc1ccccc1)N1C[C@@H](O)[C@H](N(Cc2ccc(Br)cc2F)Cc2ccccc2Cl)C1. The summed E-state index contributed by atoms with van der Waals surface area (Å²) in [6, 6.07) is 21.4. The first-order chi connectivity index (χ1) is 16.4. The quantitative estimate of drug-likeness (QED) is 0.417. The number of likely N-dealkylation sites (tertiary alicyclic amines) is 1. The fourth-order valence-electron chi connectivity index (χ4n) is 4.09. The van der Waals surface area contributed by atoms with Crippen LogP contribution in [0.1, 0.15) is 16.7 Å². The Morgan fingerprint density at radius 1 is 1.06 bits per heavy atom. The van der Waals surface area contributed by atoms with Crippen LogP contribution < -0.4 is 0 Å². The normalized spacial score (nSPS) is 17.9. The number of aliphatic hydroxyl groups is 1. The first-order valence-electron chi connectivity index (χ1n) is 11.0. The van der Waals surface area contributed by atoms with Gasteiger partial charge in [0.1, 0.15) is 12.4 Å². The van der Waals surface area contributed by atoms with E-state index in [0.29, 0.717) is 21.6 Å². The van der Waals surface area contributed by atoms with Crippen LogP contribution in [0.4, 0.5) is 9.18 Å². The molecule has 1 saturated heterocycles. The molecule has 0 unspecified atom stereocenters. The number of carbonyl (C=O) groups excluding carboxylic acids is 1. The molecule has 1 aliphatic rings. The van der Waals surface area contributed by atoms with Gasteiger partial charge in [-0.1, -0.05) is 82.1 Å². The van der Waals surface area contributed by atoms with E-state index in [1.807, 2.05) is 53.4 Å². The summed E-state index contributed by atoms with van der Waals surface area (Å²) in [5, 5.41) is 11.5. The molecule has 0 radical (unpaired) electrons. The van der Waals surface area contributed by atoms with Crippen LogP contribution in [0.3, 0.4) is 0 Å². The van der Waals surface area contributed by atoms with E-state index >= 15 is 0 Å². The van der Waals surface area contributed by atoms with Gasteiger partial charge in [0.15, 0.2) is 0 Å². The third kappa shape index (κ3) is 6.16. The summed E-state index contributed by atoms with van der Waals surface area (Å²) in [7, 11) is 0. The van der Waals surface area contributed by atoms with Crippen LogP contribution in [0.2, 0.25) is 5.02 Å². The molecule has 0 bridgehead atoms. The Morgan fingerprint density at radius 3 is 2.50 bits per heavy atom. The Bertz CT molecular complexity index is 1130. The summed E-state index contributed by atoms with van der Waals surface area (Å²) in [5.74, 6) is -0.342. The average molecular weight is 548 g/mol. The van der Waals surface area contributed by atoms with Crippen molar-refractivity contribution in [3.63, 3.8) is 0 Å². The van der Waals surface area contributed by atoms with Gasteiger partial charge in [0.2, 0.25) is 0 Å². The highest BCUT2D eigenvalue weighted by atomic mass is 79.9. The van der Waals surface area contributed by atoms with Gasteiger partial charge >= 0.3 is 6.09 Å². The van der Waals surface area contributed by atoms with Crippen molar-refractivity contribution in [2.75, 3.05) is 13.1 Å². The number of benzene rings is 3. The van der Waals surface area contributed by atoms with Crippen molar-refractivity contribution in [1.82, 2.24) is 9.80 Å². The van der Waals surface area contributed by atoms with E-state index in [9.17, 15) is 14.3 Å².